The lowest BCUT2D eigenvalue weighted by Crippen LogP contribution is -2.31. The molecule has 1 aromatic rings. The van der Waals surface area contributed by atoms with Gasteiger partial charge in [-0.2, -0.15) is 11.8 Å². The highest BCUT2D eigenvalue weighted by molar-refractivity contribution is 9.11. The molecular weight excluding hydrogens is 306 g/mol. The Balaban J connectivity index is 1.93. The molecule has 0 spiro atoms. The van der Waals surface area contributed by atoms with Crippen molar-refractivity contribution in [1.82, 2.24) is 5.32 Å². The van der Waals surface area contributed by atoms with E-state index in [4.69, 9.17) is 0 Å². The molecule has 1 aromatic heterocycles. The molecule has 1 amide bonds. The van der Waals surface area contributed by atoms with Crippen molar-refractivity contribution in [2.24, 2.45) is 0 Å². The molecule has 16 heavy (non-hydrogen) atoms. The number of aryl methyl sites for hydroxylation is 1. The van der Waals surface area contributed by atoms with Crippen molar-refractivity contribution < 1.29 is 4.79 Å². The van der Waals surface area contributed by atoms with E-state index in [1.165, 1.54) is 24.2 Å². The van der Waals surface area contributed by atoms with Crippen molar-refractivity contribution in [3.63, 3.8) is 0 Å². The monoisotopic (exact) mass is 319 g/mol. The van der Waals surface area contributed by atoms with Crippen LogP contribution in [0.25, 0.3) is 0 Å². The molecule has 0 radical (unpaired) electrons. The van der Waals surface area contributed by atoms with Crippen LogP contribution in [0.3, 0.4) is 0 Å². The summed E-state index contributed by atoms with van der Waals surface area (Å²) in [5.41, 5.74) is 1.13. The molecule has 1 fully saturated rings. The summed E-state index contributed by atoms with van der Waals surface area (Å²) >= 11 is 6.80. The molecule has 0 aromatic carbocycles. The summed E-state index contributed by atoms with van der Waals surface area (Å²) in [4.78, 5) is 12.7. The first-order valence-electron chi connectivity index (χ1n) is 5.16. The van der Waals surface area contributed by atoms with Crippen molar-refractivity contribution in [2.45, 2.75) is 24.5 Å². The third-order valence-corrected chi connectivity index (χ3v) is 6.45. The van der Waals surface area contributed by atoms with Gasteiger partial charge in [-0.1, -0.05) is 0 Å². The van der Waals surface area contributed by atoms with Crippen molar-refractivity contribution in [1.29, 1.82) is 0 Å². The van der Waals surface area contributed by atoms with E-state index in [2.05, 4.69) is 27.5 Å². The molecule has 0 aliphatic heterocycles. The largest absolute Gasteiger partial charge is 0.350 e. The quantitative estimate of drug-likeness (QED) is 0.921. The van der Waals surface area contributed by atoms with Gasteiger partial charge < -0.3 is 5.32 Å². The van der Waals surface area contributed by atoms with Crippen molar-refractivity contribution in [2.75, 3.05) is 12.8 Å². The highest BCUT2D eigenvalue weighted by atomic mass is 79.9. The Hall–Kier alpha value is -0.0000000000000000833. The minimum atomic E-state index is 0.0547. The molecule has 0 saturated heterocycles. The maximum Gasteiger partial charge on any atom is 0.261 e. The van der Waals surface area contributed by atoms with E-state index in [0.29, 0.717) is 4.75 Å². The third kappa shape index (κ3) is 2.63. The van der Waals surface area contributed by atoms with Crippen LogP contribution < -0.4 is 5.32 Å². The third-order valence-electron chi connectivity index (χ3n) is 2.89. The van der Waals surface area contributed by atoms with E-state index >= 15 is 0 Å². The number of hydrogen-bond donors (Lipinski definition) is 1. The summed E-state index contributed by atoms with van der Waals surface area (Å²) in [6, 6.07) is 1.93. The maximum atomic E-state index is 11.9. The zero-order valence-corrected chi connectivity index (χ0v) is 12.5. The Labute approximate surface area is 112 Å². The molecule has 2 nitrogen and oxygen atoms in total. The molecule has 1 aliphatic rings. The number of halogens is 1. The summed E-state index contributed by atoms with van der Waals surface area (Å²) in [7, 11) is 0. The summed E-state index contributed by atoms with van der Waals surface area (Å²) in [5.74, 6) is 0.0547. The SMILES string of the molecule is CSC1(CNC(=O)c2cc(C)c(Br)s2)CC1. The van der Waals surface area contributed by atoms with Gasteiger partial charge >= 0.3 is 0 Å². The summed E-state index contributed by atoms with van der Waals surface area (Å²) in [5, 5.41) is 3.02. The first kappa shape index (κ1) is 12.5. The number of rotatable bonds is 4. The van der Waals surface area contributed by atoms with Crippen LogP contribution in [0.2, 0.25) is 0 Å². The molecule has 0 bridgehead atoms. The minimum Gasteiger partial charge on any atom is -0.350 e. The maximum absolute atomic E-state index is 11.9. The number of carbonyl (C=O) groups is 1. The Morgan fingerprint density at radius 1 is 1.69 bits per heavy atom. The van der Waals surface area contributed by atoms with Gasteiger partial charge in [0.1, 0.15) is 0 Å². The van der Waals surface area contributed by atoms with E-state index in [1.807, 2.05) is 24.8 Å². The minimum absolute atomic E-state index is 0.0547. The molecule has 0 atom stereocenters. The molecule has 1 saturated carbocycles. The molecule has 0 unspecified atom stereocenters. The number of thiophene rings is 1. The number of amides is 1. The summed E-state index contributed by atoms with van der Waals surface area (Å²) in [6.07, 6.45) is 4.56. The molecule has 88 valence electrons. The van der Waals surface area contributed by atoms with Gasteiger partial charge in [0.05, 0.1) is 8.66 Å². The van der Waals surface area contributed by atoms with Gasteiger partial charge in [-0.15, -0.1) is 11.3 Å². The van der Waals surface area contributed by atoms with Crippen LogP contribution in [-0.4, -0.2) is 23.5 Å². The lowest BCUT2D eigenvalue weighted by molar-refractivity contribution is 0.0957. The van der Waals surface area contributed by atoms with E-state index < -0.39 is 0 Å². The first-order chi connectivity index (χ1) is 7.56. The lowest BCUT2D eigenvalue weighted by Gasteiger charge is -2.12. The predicted octanol–water partition coefficient (Wildman–Crippen LogP) is 3.44. The van der Waals surface area contributed by atoms with Crippen LogP contribution in [0.4, 0.5) is 0 Å². The summed E-state index contributed by atoms with van der Waals surface area (Å²) < 4.78 is 1.38. The van der Waals surface area contributed by atoms with E-state index in [-0.39, 0.29) is 5.91 Å². The molecule has 2 rings (SSSR count). The average molecular weight is 320 g/mol. The Morgan fingerprint density at radius 3 is 2.81 bits per heavy atom. The van der Waals surface area contributed by atoms with Gasteiger partial charge in [0.25, 0.3) is 5.91 Å². The van der Waals surface area contributed by atoms with Crippen LogP contribution in [-0.2, 0) is 0 Å². The number of carbonyl (C=O) groups excluding carboxylic acids is 1. The fourth-order valence-corrected chi connectivity index (χ4v) is 3.67. The lowest BCUT2D eigenvalue weighted by atomic mass is 10.3. The molecule has 5 heteroatoms. The molecule has 1 aliphatic carbocycles. The van der Waals surface area contributed by atoms with Gasteiger partial charge in [-0.3, -0.25) is 4.79 Å². The van der Waals surface area contributed by atoms with E-state index in [9.17, 15) is 4.79 Å². The Morgan fingerprint density at radius 2 is 2.38 bits per heavy atom. The zero-order valence-electron chi connectivity index (χ0n) is 9.30. The van der Waals surface area contributed by atoms with Crippen LogP contribution >= 0.6 is 39.0 Å². The topological polar surface area (TPSA) is 29.1 Å². The van der Waals surface area contributed by atoms with E-state index in [0.717, 1.165) is 20.8 Å². The summed E-state index contributed by atoms with van der Waals surface area (Å²) in [6.45, 7) is 2.79. The zero-order chi connectivity index (χ0) is 11.8. The smallest absolute Gasteiger partial charge is 0.261 e. The second-order valence-electron chi connectivity index (χ2n) is 4.14. The second-order valence-corrected chi connectivity index (χ2v) is 7.78. The Kier molecular flexibility index (Phi) is 3.66. The predicted molar refractivity (Wildman–Crippen MR) is 74.6 cm³/mol. The first-order valence-corrected chi connectivity index (χ1v) is 7.99. The van der Waals surface area contributed by atoms with Crippen LogP contribution in [0.5, 0.6) is 0 Å². The number of hydrogen-bond acceptors (Lipinski definition) is 3. The highest BCUT2D eigenvalue weighted by Gasteiger charge is 2.42. The number of nitrogens with one attached hydrogen (secondary N) is 1. The fraction of sp³-hybridized carbons (Fsp3) is 0.545. The van der Waals surface area contributed by atoms with Gasteiger partial charge in [-0.25, -0.2) is 0 Å². The van der Waals surface area contributed by atoms with Gasteiger partial charge in [0.15, 0.2) is 0 Å². The fourth-order valence-electron chi connectivity index (χ4n) is 1.49. The molecule has 1 heterocycles. The van der Waals surface area contributed by atoms with Gasteiger partial charge in [0, 0.05) is 11.3 Å². The molecular formula is C11H14BrNOS2. The molecule has 1 N–H and O–H groups in total. The van der Waals surface area contributed by atoms with Crippen molar-refractivity contribution in [3.05, 3.63) is 20.3 Å². The van der Waals surface area contributed by atoms with Crippen LogP contribution in [0, 0.1) is 6.92 Å². The van der Waals surface area contributed by atoms with E-state index in [1.54, 1.807) is 0 Å². The highest BCUT2D eigenvalue weighted by Crippen LogP contribution is 2.46. The normalized spacial score (nSPS) is 17.2. The number of thioether (sulfide) groups is 1. The average Bonchev–Trinajstić information content (AvgIpc) is 2.98. The van der Waals surface area contributed by atoms with Crippen molar-refractivity contribution in [3.8, 4) is 0 Å². The van der Waals surface area contributed by atoms with Crippen LogP contribution in [0.1, 0.15) is 28.1 Å². The standard InChI is InChI=1S/C11H14BrNOS2/c1-7-5-8(16-9(7)12)10(14)13-6-11(15-2)3-4-11/h5H,3-4,6H2,1-2H3,(H,13,14). The van der Waals surface area contributed by atoms with Gasteiger partial charge in [0.2, 0.25) is 0 Å². The Bertz CT molecular complexity index is 393. The van der Waals surface area contributed by atoms with Crippen LogP contribution in [0.15, 0.2) is 9.85 Å². The van der Waals surface area contributed by atoms with Gasteiger partial charge in [-0.05, 0) is 53.6 Å². The second kappa shape index (κ2) is 4.70. The van der Waals surface area contributed by atoms with Crippen molar-refractivity contribution >= 4 is 44.9 Å².